The maximum Gasteiger partial charge on any atom is 0.228 e. The topological polar surface area (TPSA) is 74.6 Å². The lowest BCUT2D eigenvalue weighted by Crippen LogP contribution is -2.26. The molecule has 2 aromatic rings. The van der Waals surface area contributed by atoms with Crippen LogP contribution in [0.4, 0.5) is 11.6 Å². The molecule has 168 valence electrons. The lowest BCUT2D eigenvalue weighted by Gasteiger charge is -2.21. The van der Waals surface area contributed by atoms with E-state index in [-0.39, 0.29) is 11.8 Å². The van der Waals surface area contributed by atoms with Crippen molar-refractivity contribution in [3.05, 3.63) is 18.1 Å². The molecule has 3 heterocycles. The fraction of sp³-hybridized carbons (Fsp3) is 0.708. The Bertz CT molecular complexity index is 891. The first-order valence-corrected chi connectivity index (χ1v) is 12.4. The molecule has 7 heteroatoms. The number of nitrogens with zero attached hydrogens (tertiary/aromatic N) is 4. The van der Waals surface area contributed by atoms with Crippen LogP contribution in [0.15, 0.2) is 12.4 Å². The van der Waals surface area contributed by atoms with E-state index < -0.39 is 0 Å². The Kier molecular flexibility index (Phi) is 6.39. The number of hydrogen-bond donors (Lipinski definition) is 2. The monoisotopic (exact) mass is 424 g/mol. The molecular formula is C24H36N6O. The van der Waals surface area contributed by atoms with E-state index in [1.165, 1.54) is 45.2 Å². The summed E-state index contributed by atoms with van der Waals surface area (Å²) < 4.78 is 2.06. The van der Waals surface area contributed by atoms with Crippen molar-refractivity contribution in [1.29, 1.82) is 0 Å². The quantitative estimate of drug-likeness (QED) is 0.688. The molecule has 0 radical (unpaired) electrons. The first-order chi connectivity index (χ1) is 15.3. The summed E-state index contributed by atoms with van der Waals surface area (Å²) in [5, 5.41) is 6.77. The molecule has 0 bridgehead atoms. The number of imidazole rings is 1. The zero-order chi connectivity index (χ0) is 21.0. The average molecular weight is 425 g/mol. The molecule has 3 aliphatic rings. The van der Waals surface area contributed by atoms with Crippen molar-refractivity contribution in [3.8, 4) is 0 Å². The maximum atomic E-state index is 13.0. The number of nitrogens with one attached hydrogen (secondary N) is 2. The van der Waals surface area contributed by atoms with E-state index in [1.54, 1.807) is 0 Å². The number of likely N-dealkylation sites (tertiary alicyclic amines) is 1. The molecule has 3 fully saturated rings. The zero-order valence-corrected chi connectivity index (χ0v) is 18.6. The number of carbonyl (C=O) groups is 1. The number of rotatable bonds is 7. The Balaban J connectivity index is 1.38. The maximum absolute atomic E-state index is 13.0. The van der Waals surface area contributed by atoms with Gasteiger partial charge < -0.3 is 15.5 Å². The molecule has 5 rings (SSSR count). The highest BCUT2D eigenvalue weighted by Crippen LogP contribution is 2.37. The van der Waals surface area contributed by atoms with Crippen LogP contribution in [0.5, 0.6) is 0 Å². The van der Waals surface area contributed by atoms with E-state index in [2.05, 4.69) is 24.9 Å². The van der Waals surface area contributed by atoms with Crippen LogP contribution < -0.4 is 10.6 Å². The second-order valence-electron chi connectivity index (χ2n) is 9.63. The summed E-state index contributed by atoms with van der Waals surface area (Å²) in [7, 11) is 0. The Hall–Kier alpha value is -2.15. The Morgan fingerprint density at radius 1 is 1.00 bits per heavy atom. The highest BCUT2D eigenvalue weighted by molar-refractivity contribution is 5.93. The molecule has 2 N–H and O–H groups in total. The standard InChI is InChI=1S/C24H36N6O/c31-24(19-10-4-5-11-19)28-23-22(18-8-2-1-3-9-18)27-21-16-26-20(17-30(21)23)25-12-15-29-13-6-7-14-29/h16-19,25H,1-15H2,(H,28,31). The lowest BCUT2D eigenvalue weighted by atomic mass is 9.87. The van der Waals surface area contributed by atoms with E-state index >= 15 is 0 Å². The van der Waals surface area contributed by atoms with Gasteiger partial charge in [0.2, 0.25) is 5.91 Å². The molecule has 0 aromatic carbocycles. The second-order valence-corrected chi connectivity index (χ2v) is 9.63. The third kappa shape index (κ3) is 4.71. The van der Waals surface area contributed by atoms with Gasteiger partial charge in [-0.3, -0.25) is 9.20 Å². The normalized spacial score (nSPS) is 21.2. The van der Waals surface area contributed by atoms with Gasteiger partial charge in [-0.15, -0.1) is 0 Å². The van der Waals surface area contributed by atoms with Crippen LogP contribution in [0, 0.1) is 5.92 Å². The minimum Gasteiger partial charge on any atom is -0.368 e. The molecule has 7 nitrogen and oxygen atoms in total. The van der Waals surface area contributed by atoms with Crippen molar-refractivity contribution in [3.63, 3.8) is 0 Å². The van der Waals surface area contributed by atoms with E-state index in [0.717, 1.165) is 74.6 Å². The van der Waals surface area contributed by atoms with Gasteiger partial charge in [0.1, 0.15) is 11.6 Å². The van der Waals surface area contributed by atoms with Crippen LogP contribution in [0.2, 0.25) is 0 Å². The summed E-state index contributed by atoms with van der Waals surface area (Å²) in [5.41, 5.74) is 1.88. The van der Waals surface area contributed by atoms with Crippen LogP contribution in [0.3, 0.4) is 0 Å². The van der Waals surface area contributed by atoms with E-state index in [0.29, 0.717) is 5.92 Å². The molecule has 1 amide bonds. The average Bonchev–Trinajstić information content (AvgIpc) is 3.56. The summed E-state index contributed by atoms with van der Waals surface area (Å²) >= 11 is 0. The minimum atomic E-state index is 0.143. The van der Waals surface area contributed by atoms with Crippen LogP contribution in [-0.4, -0.2) is 51.4 Å². The summed E-state index contributed by atoms with van der Waals surface area (Å²) in [6.45, 7) is 4.34. The number of hydrogen-bond acceptors (Lipinski definition) is 5. The van der Waals surface area contributed by atoms with Gasteiger partial charge in [0, 0.05) is 24.9 Å². The third-order valence-electron chi connectivity index (χ3n) is 7.43. The minimum absolute atomic E-state index is 0.143. The highest BCUT2D eigenvalue weighted by Gasteiger charge is 2.28. The summed E-state index contributed by atoms with van der Waals surface area (Å²) in [6.07, 6.45) is 16.9. The smallest absolute Gasteiger partial charge is 0.228 e. The van der Waals surface area contributed by atoms with Gasteiger partial charge in [-0.25, -0.2) is 9.97 Å². The number of fused-ring (bicyclic) bond motifs is 1. The van der Waals surface area contributed by atoms with Gasteiger partial charge in [-0.1, -0.05) is 32.1 Å². The van der Waals surface area contributed by atoms with Crippen LogP contribution in [0.1, 0.15) is 82.2 Å². The molecule has 2 saturated carbocycles. The predicted octanol–water partition coefficient (Wildman–Crippen LogP) is 4.41. The molecule has 0 unspecified atom stereocenters. The van der Waals surface area contributed by atoms with Crippen LogP contribution >= 0.6 is 0 Å². The van der Waals surface area contributed by atoms with Gasteiger partial charge in [0.25, 0.3) is 0 Å². The SMILES string of the molecule is O=C(Nc1c(C2CCCCC2)nc2cnc(NCCN3CCCC3)cn12)C1CCCC1. The number of anilines is 2. The van der Waals surface area contributed by atoms with Crippen molar-refractivity contribution < 1.29 is 4.79 Å². The summed E-state index contributed by atoms with van der Waals surface area (Å²) in [5.74, 6) is 2.46. The van der Waals surface area contributed by atoms with Crippen LogP contribution in [0.25, 0.3) is 5.65 Å². The van der Waals surface area contributed by atoms with Crippen molar-refractivity contribution in [2.24, 2.45) is 5.92 Å². The zero-order valence-electron chi connectivity index (χ0n) is 18.6. The first kappa shape index (κ1) is 20.7. The van der Waals surface area contributed by atoms with Crippen molar-refractivity contribution in [2.45, 2.75) is 76.5 Å². The molecule has 0 spiro atoms. The molecule has 0 atom stereocenters. The van der Waals surface area contributed by atoms with E-state index in [9.17, 15) is 4.79 Å². The molecular weight excluding hydrogens is 388 g/mol. The largest absolute Gasteiger partial charge is 0.368 e. The number of carbonyl (C=O) groups excluding carboxylic acids is 1. The van der Waals surface area contributed by atoms with Crippen molar-refractivity contribution in [2.75, 3.05) is 36.8 Å². The van der Waals surface area contributed by atoms with Gasteiger partial charge in [0.15, 0.2) is 5.65 Å². The molecule has 31 heavy (non-hydrogen) atoms. The molecule has 1 saturated heterocycles. The Morgan fingerprint density at radius 3 is 2.52 bits per heavy atom. The predicted molar refractivity (Wildman–Crippen MR) is 124 cm³/mol. The first-order valence-electron chi connectivity index (χ1n) is 12.4. The fourth-order valence-electron chi connectivity index (χ4n) is 5.60. The Labute approximate surface area is 185 Å². The molecule has 1 aliphatic heterocycles. The highest BCUT2D eigenvalue weighted by atomic mass is 16.2. The molecule has 2 aromatic heterocycles. The second kappa shape index (κ2) is 9.55. The summed E-state index contributed by atoms with van der Waals surface area (Å²) in [4.78, 5) is 25.1. The summed E-state index contributed by atoms with van der Waals surface area (Å²) in [6, 6.07) is 0. The van der Waals surface area contributed by atoms with Crippen molar-refractivity contribution in [1.82, 2.24) is 19.3 Å². The van der Waals surface area contributed by atoms with E-state index in [4.69, 9.17) is 4.98 Å². The van der Waals surface area contributed by atoms with Crippen molar-refractivity contribution >= 4 is 23.2 Å². The fourth-order valence-corrected chi connectivity index (χ4v) is 5.60. The van der Waals surface area contributed by atoms with Crippen LogP contribution in [-0.2, 0) is 4.79 Å². The van der Waals surface area contributed by atoms with Gasteiger partial charge >= 0.3 is 0 Å². The Morgan fingerprint density at radius 2 is 1.74 bits per heavy atom. The number of amides is 1. The lowest BCUT2D eigenvalue weighted by molar-refractivity contribution is -0.119. The molecule has 2 aliphatic carbocycles. The van der Waals surface area contributed by atoms with Gasteiger partial charge in [-0.2, -0.15) is 0 Å². The van der Waals surface area contributed by atoms with Gasteiger partial charge in [0.05, 0.1) is 18.1 Å². The third-order valence-corrected chi connectivity index (χ3v) is 7.43. The number of aromatic nitrogens is 3. The van der Waals surface area contributed by atoms with E-state index in [1.807, 2.05) is 12.4 Å². The van der Waals surface area contributed by atoms with Gasteiger partial charge in [-0.05, 0) is 51.6 Å².